The highest BCUT2D eigenvalue weighted by Crippen LogP contribution is 2.42. The van der Waals surface area contributed by atoms with Crippen molar-refractivity contribution in [2.45, 2.75) is 32.4 Å². The molecule has 0 radical (unpaired) electrons. The van der Waals surface area contributed by atoms with Gasteiger partial charge in [0.25, 0.3) is 0 Å². The Labute approximate surface area is 125 Å². The molecule has 0 aromatic carbocycles. The predicted octanol–water partition coefficient (Wildman–Crippen LogP) is 2.00. The quantitative estimate of drug-likeness (QED) is 0.783. The SMILES string of the molecule is COc1c2n(cc(Br)c1=O)CC1OCCCC1(C)C2=O. The molecule has 3 rings (SSSR count). The second-order valence-electron chi connectivity index (χ2n) is 5.55. The first-order chi connectivity index (χ1) is 9.49. The summed E-state index contributed by atoms with van der Waals surface area (Å²) in [4.78, 5) is 25.0. The van der Waals surface area contributed by atoms with Gasteiger partial charge >= 0.3 is 0 Å². The van der Waals surface area contributed by atoms with Crippen molar-refractivity contribution in [1.29, 1.82) is 0 Å². The number of nitrogens with zero attached hydrogens (tertiary/aromatic N) is 1. The van der Waals surface area contributed by atoms with Gasteiger partial charge in [0, 0.05) is 12.8 Å². The van der Waals surface area contributed by atoms with E-state index < -0.39 is 5.41 Å². The van der Waals surface area contributed by atoms with Crippen LogP contribution < -0.4 is 10.2 Å². The van der Waals surface area contributed by atoms with E-state index in [4.69, 9.17) is 9.47 Å². The highest BCUT2D eigenvalue weighted by Gasteiger charge is 2.49. The zero-order valence-corrected chi connectivity index (χ0v) is 13.0. The van der Waals surface area contributed by atoms with Crippen LogP contribution in [0.25, 0.3) is 0 Å². The number of carbonyl (C=O) groups excluding carboxylic acids is 1. The summed E-state index contributed by atoms with van der Waals surface area (Å²) in [6, 6.07) is 0. The van der Waals surface area contributed by atoms with Gasteiger partial charge < -0.3 is 14.0 Å². The molecule has 1 fully saturated rings. The van der Waals surface area contributed by atoms with E-state index in [2.05, 4.69) is 15.9 Å². The Morgan fingerprint density at radius 2 is 2.25 bits per heavy atom. The molecular formula is C14H16BrNO4. The third kappa shape index (κ3) is 1.78. The second kappa shape index (κ2) is 4.70. The van der Waals surface area contributed by atoms with Gasteiger partial charge in [-0.2, -0.15) is 0 Å². The largest absolute Gasteiger partial charge is 0.491 e. The lowest BCUT2D eigenvalue weighted by atomic mass is 9.71. The Bertz CT molecular complexity index is 639. The molecule has 0 saturated carbocycles. The van der Waals surface area contributed by atoms with Crippen molar-refractivity contribution in [3.05, 3.63) is 26.6 Å². The Kier molecular flexibility index (Phi) is 3.25. The van der Waals surface area contributed by atoms with E-state index in [-0.39, 0.29) is 23.1 Å². The van der Waals surface area contributed by atoms with Gasteiger partial charge in [-0.25, -0.2) is 0 Å². The number of aromatic nitrogens is 1. The standard InChI is InChI=1S/C14H16BrNO4/c1-14-4-3-5-20-9(14)7-16-6-8(15)11(17)12(19-2)10(16)13(14)18/h6,9H,3-5,7H2,1-2H3. The van der Waals surface area contributed by atoms with E-state index >= 15 is 0 Å². The lowest BCUT2D eigenvalue weighted by molar-refractivity contribution is -0.0740. The molecule has 0 spiro atoms. The molecule has 2 atom stereocenters. The first-order valence-electron chi connectivity index (χ1n) is 6.62. The molecule has 5 nitrogen and oxygen atoms in total. The average Bonchev–Trinajstić information content (AvgIpc) is 2.43. The molecule has 2 unspecified atom stereocenters. The van der Waals surface area contributed by atoms with Crippen LogP contribution in [0, 0.1) is 5.41 Å². The van der Waals surface area contributed by atoms with Crippen LogP contribution >= 0.6 is 15.9 Å². The van der Waals surface area contributed by atoms with Crippen LogP contribution in [0.1, 0.15) is 30.3 Å². The number of ether oxygens (including phenoxy) is 2. The lowest BCUT2D eigenvalue weighted by Gasteiger charge is -2.44. The van der Waals surface area contributed by atoms with Crippen LogP contribution in [0.5, 0.6) is 5.75 Å². The third-order valence-electron chi connectivity index (χ3n) is 4.37. The highest BCUT2D eigenvalue weighted by molar-refractivity contribution is 9.10. The van der Waals surface area contributed by atoms with Crippen LogP contribution in [0.3, 0.4) is 0 Å². The molecular weight excluding hydrogens is 326 g/mol. The van der Waals surface area contributed by atoms with Gasteiger partial charge in [0.05, 0.1) is 29.6 Å². The summed E-state index contributed by atoms with van der Waals surface area (Å²) >= 11 is 3.22. The van der Waals surface area contributed by atoms with Crippen LogP contribution in [-0.2, 0) is 11.3 Å². The first kappa shape index (κ1) is 13.8. The summed E-state index contributed by atoms with van der Waals surface area (Å²) in [7, 11) is 1.42. The maximum absolute atomic E-state index is 12.9. The number of hydrogen-bond acceptors (Lipinski definition) is 4. The smallest absolute Gasteiger partial charge is 0.238 e. The lowest BCUT2D eigenvalue weighted by Crippen LogP contribution is -2.52. The number of methoxy groups -OCH3 is 1. The third-order valence-corrected chi connectivity index (χ3v) is 4.93. The summed E-state index contributed by atoms with van der Waals surface area (Å²) in [6.45, 7) is 3.17. The van der Waals surface area contributed by atoms with Crippen molar-refractivity contribution in [2.75, 3.05) is 13.7 Å². The van der Waals surface area contributed by atoms with Crippen LogP contribution in [0.2, 0.25) is 0 Å². The van der Waals surface area contributed by atoms with Gasteiger partial charge in [-0.05, 0) is 35.7 Å². The molecule has 0 aliphatic carbocycles. The van der Waals surface area contributed by atoms with Gasteiger partial charge in [0.2, 0.25) is 5.43 Å². The molecule has 108 valence electrons. The fourth-order valence-corrected chi connectivity index (χ4v) is 3.57. The summed E-state index contributed by atoms with van der Waals surface area (Å²) in [6.07, 6.45) is 3.15. The van der Waals surface area contributed by atoms with Crippen molar-refractivity contribution in [2.24, 2.45) is 5.41 Å². The minimum absolute atomic E-state index is 0.0603. The van der Waals surface area contributed by atoms with E-state index in [9.17, 15) is 9.59 Å². The van der Waals surface area contributed by atoms with Crippen molar-refractivity contribution in [1.82, 2.24) is 4.57 Å². The maximum Gasteiger partial charge on any atom is 0.238 e. The summed E-state index contributed by atoms with van der Waals surface area (Å²) < 4.78 is 13.1. The van der Waals surface area contributed by atoms with Crippen molar-refractivity contribution < 1.29 is 14.3 Å². The van der Waals surface area contributed by atoms with E-state index in [0.29, 0.717) is 23.3 Å². The number of halogens is 1. The monoisotopic (exact) mass is 341 g/mol. The van der Waals surface area contributed by atoms with E-state index in [0.717, 1.165) is 12.8 Å². The van der Waals surface area contributed by atoms with E-state index in [1.807, 2.05) is 6.92 Å². The van der Waals surface area contributed by atoms with Gasteiger partial charge in [-0.1, -0.05) is 0 Å². The summed E-state index contributed by atoms with van der Waals surface area (Å²) in [5.74, 6) is 0.0597. The van der Waals surface area contributed by atoms with Gasteiger partial charge in [-0.15, -0.1) is 0 Å². The topological polar surface area (TPSA) is 57.5 Å². The number of rotatable bonds is 1. The number of ketones is 1. The molecule has 20 heavy (non-hydrogen) atoms. The molecule has 1 aromatic heterocycles. The zero-order chi connectivity index (χ0) is 14.5. The minimum atomic E-state index is -0.564. The minimum Gasteiger partial charge on any atom is -0.491 e. The molecule has 2 aliphatic rings. The van der Waals surface area contributed by atoms with Crippen LogP contribution in [0.4, 0.5) is 0 Å². The second-order valence-corrected chi connectivity index (χ2v) is 6.40. The van der Waals surface area contributed by atoms with Crippen molar-refractivity contribution in [3.8, 4) is 5.75 Å². The zero-order valence-electron chi connectivity index (χ0n) is 11.4. The number of hydrogen-bond donors (Lipinski definition) is 0. The fourth-order valence-electron chi connectivity index (χ4n) is 3.15. The maximum atomic E-state index is 12.9. The number of pyridine rings is 1. The number of fused-ring (bicyclic) bond motifs is 2. The van der Waals surface area contributed by atoms with E-state index in [1.54, 1.807) is 10.8 Å². The fraction of sp³-hybridized carbons (Fsp3) is 0.571. The Hall–Kier alpha value is -1.14. The van der Waals surface area contributed by atoms with Gasteiger partial charge in [0.1, 0.15) is 5.69 Å². The van der Waals surface area contributed by atoms with Crippen LogP contribution in [0.15, 0.2) is 15.5 Å². The summed E-state index contributed by atoms with van der Waals surface area (Å²) in [5.41, 5.74) is -0.484. The Morgan fingerprint density at radius 1 is 1.50 bits per heavy atom. The van der Waals surface area contributed by atoms with Crippen molar-refractivity contribution >= 4 is 21.7 Å². The molecule has 1 aromatic rings. The molecule has 0 amide bonds. The first-order valence-corrected chi connectivity index (χ1v) is 7.41. The summed E-state index contributed by atoms with van der Waals surface area (Å²) in [5, 5.41) is 0. The Balaban J connectivity index is 2.23. The predicted molar refractivity (Wildman–Crippen MR) is 76.4 cm³/mol. The number of carbonyl (C=O) groups is 1. The van der Waals surface area contributed by atoms with Gasteiger partial charge in [0.15, 0.2) is 11.5 Å². The molecule has 1 saturated heterocycles. The van der Waals surface area contributed by atoms with Crippen molar-refractivity contribution in [3.63, 3.8) is 0 Å². The average molecular weight is 342 g/mol. The normalized spacial score (nSPS) is 28.8. The molecule has 6 heteroatoms. The Morgan fingerprint density at radius 3 is 2.95 bits per heavy atom. The van der Waals surface area contributed by atoms with Crippen LogP contribution in [-0.4, -0.2) is 30.2 Å². The molecule has 2 aliphatic heterocycles. The molecule has 3 heterocycles. The van der Waals surface area contributed by atoms with E-state index in [1.165, 1.54) is 7.11 Å². The molecule has 0 N–H and O–H groups in total. The number of Topliss-reactive ketones (excluding diaryl/α,β-unsaturated/α-hetero) is 1. The van der Waals surface area contributed by atoms with Gasteiger partial charge in [-0.3, -0.25) is 9.59 Å². The highest BCUT2D eigenvalue weighted by atomic mass is 79.9. The molecule has 0 bridgehead atoms.